The van der Waals surface area contributed by atoms with Crippen LogP contribution < -0.4 is 5.32 Å². The number of aryl methyl sites for hydroxylation is 1. The van der Waals surface area contributed by atoms with E-state index in [0.717, 1.165) is 12.8 Å². The Labute approximate surface area is 134 Å². The summed E-state index contributed by atoms with van der Waals surface area (Å²) >= 11 is 0. The molecule has 0 aliphatic heterocycles. The van der Waals surface area contributed by atoms with Crippen LogP contribution in [0.4, 0.5) is 0 Å². The zero-order valence-corrected chi connectivity index (χ0v) is 13.8. The van der Waals surface area contributed by atoms with Crippen LogP contribution >= 0.6 is 0 Å². The predicted octanol–water partition coefficient (Wildman–Crippen LogP) is 1.49. The Kier molecular flexibility index (Phi) is 5.08. The molecule has 0 bridgehead atoms. The Morgan fingerprint density at radius 1 is 1.26 bits per heavy atom. The first kappa shape index (κ1) is 17.1. The Hall–Kier alpha value is -2.31. The highest BCUT2D eigenvalue weighted by Gasteiger charge is 2.29. The molecule has 1 amide bonds. The standard InChI is InChI=1S/C16H22N2O5/c1-8-13(15(20)22-4)10(3)18-14(8)16(21)23-7-12(19)17-9(2)11-5-6-11/h9,11,18H,5-7H2,1-4H3,(H,17,19)/t9-/m1/s1. The number of H-pyrrole nitrogens is 1. The van der Waals surface area contributed by atoms with E-state index < -0.39 is 11.9 Å². The maximum Gasteiger partial charge on any atom is 0.355 e. The third-order valence-corrected chi connectivity index (χ3v) is 4.08. The summed E-state index contributed by atoms with van der Waals surface area (Å²) in [4.78, 5) is 38.4. The predicted molar refractivity (Wildman–Crippen MR) is 82.2 cm³/mol. The summed E-state index contributed by atoms with van der Waals surface area (Å²) in [6, 6.07) is 0.0987. The molecule has 1 saturated carbocycles. The number of carbonyl (C=O) groups is 3. The molecule has 1 aromatic heterocycles. The maximum absolute atomic E-state index is 12.1. The zero-order chi connectivity index (χ0) is 17.1. The van der Waals surface area contributed by atoms with Crippen LogP contribution in [0.3, 0.4) is 0 Å². The van der Waals surface area contributed by atoms with Crippen LogP contribution in [-0.2, 0) is 14.3 Å². The van der Waals surface area contributed by atoms with Gasteiger partial charge in [0.25, 0.3) is 5.91 Å². The maximum atomic E-state index is 12.1. The van der Waals surface area contributed by atoms with Crippen molar-refractivity contribution in [2.45, 2.75) is 39.7 Å². The molecule has 7 nitrogen and oxygen atoms in total. The van der Waals surface area contributed by atoms with E-state index >= 15 is 0 Å². The molecule has 1 aromatic rings. The minimum atomic E-state index is -0.671. The van der Waals surface area contributed by atoms with Crippen molar-refractivity contribution in [3.05, 3.63) is 22.5 Å². The average molecular weight is 322 g/mol. The quantitative estimate of drug-likeness (QED) is 0.773. The highest BCUT2D eigenvalue weighted by molar-refractivity contribution is 5.99. The van der Waals surface area contributed by atoms with E-state index in [-0.39, 0.29) is 24.2 Å². The molecule has 1 fully saturated rings. The van der Waals surface area contributed by atoms with E-state index in [1.807, 2.05) is 6.92 Å². The van der Waals surface area contributed by atoms with E-state index in [9.17, 15) is 14.4 Å². The molecule has 0 spiro atoms. The van der Waals surface area contributed by atoms with Crippen LogP contribution in [0.25, 0.3) is 0 Å². The summed E-state index contributed by atoms with van der Waals surface area (Å²) in [6.45, 7) is 4.89. The molecule has 2 N–H and O–H groups in total. The molecular formula is C16H22N2O5. The summed E-state index contributed by atoms with van der Waals surface area (Å²) in [6.07, 6.45) is 2.25. The topological polar surface area (TPSA) is 97.5 Å². The number of methoxy groups -OCH3 is 1. The van der Waals surface area contributed by atoms with Gasteiger partial charge in [-0.15, -0.1) is 0 Å². The molecule has 23 heavy (non-hydrogen) atoms. The lowest BCUT2D eigenvalue weighted by Crippen LogP contribution is -2.37. The summed E-state index contributed by atoms with van der Waals surface area (Å²) < 4.78 is 9.71. The highest BCUT2D eigenvalue weighted by atomic mass is 16.5. The van der Waals surface area contributed by atoms with Crippen LogP contribution in [0.15, 0.2) is 0 Å². The monoisotopic (exact) mass is 322 g/mol. The zero-order valence-electron chi connectivity index (χ0n) is 13.8. The number of ether oxygens (including phenoxy) is 2. The van der Waals surface area contributed by atoms with Crippen molar-refractivity contribution in [3.8, 4) is 0 Å². The Morgan fingerprint density at radius 3 is 2.48 bits per heavy atom. The van der Waals surface area contributed by atoms with E-state index in [1.165, 1.54) is 7.11 Å². The van der Waals surface area contributed by atoms with E-state index in [0.29, 0.717) is 22.7 Å². The summed E-state index contributed by atoms with van der Waals surface area (Å²) in [7, 11) is 1.28. The Morgan fingerprint density at radius 2 is 1.91 bits per heavy atom. The summed E-state index contributed by atoms with van der Waals surface area (Å²) in [5.74, 6) is -0.987. The lowest BCUT2D eigenvalue weighted by atomic mass is 10.1. The fraction of sp³-hybridized carbons (Fsp3) is 0.562. The van der Waals surface area contributed by atoms with Crippen molar-refractivity contribution < 1.29 is 23.9 Å². The van der Waals surface area contributed by atoms with Gasteiger partial charge in [-0.1, -0.05) is 0 Å². The normalized spacial score (nSPS) is 15.0. The fourth-order valence-electron chi connectivity index (χ4n) is 2.58. The van der Waals surface area contributed by atoms with Crippen LogP contribution in [0.2, 0.25) is 0 Å². The van der Waals surface area contributed by atoms with Gasteiger partial charge in [-0.3, -0.25) is 4.79 Å². The molecule has 2 rings (SSSR count). The Balaban J connectivity index is 1.95. The number of aromatic nitrogens is 1. The molecule has 1 aliphatic rings. The second-order valence-corrected chi connectivity index (χ2v) is 5.89. The number of hydrogen-bond donors (Lipinski definition) is 2. The van der Waals surface area contributed by atoms with Crippen molar-refractivity contribution in [1.82, 2.24) is 10.3 Å². The van der Waals surface area contributed by atoms with Crippen molar-refractivity contribution in [1.29, 1.82) is 0 Å². The first-order valence-electron chi connectivity index (χ1n) is 7.59. The smallest absolute Gasteiger partial charge is 0.355 e. The molecule has 7 heteroatoms. The third kappa shape index (κ3) is 3.91. The molecule has 0 radical (unpaired) electrons. The van der Waals surface area contributed by atoms with Gasteiger partial charge in [0, 0.05) is 11.7 Å². The molecular weight excluding hydrogens is 300 g/mol. The van der Waals surface area contributed by atoms with Crippen LogP contribution in [-0.4, -0.2) is 42.6 Å². The molecule has 1 aliphatic carbocycles. The van der Waals surface area contributed by atoms with Gasteiger partial charge in [-0.2, -0.15) is 0 Å². The number of esters is 2. The van der Waals surface area contributed by atoms with Gasteiger partial charge in [-0.25, -0.2) is 9.59 Å². The van der Waals surface area contributed by atoms with Gasteiger partial charge in [0.1, 0.15) is 5.69 Å². The van der Waals surface area contributed by atoms with Gasteiger partial charge < -0.3 is 19.8 Å². The van der Waals surface area contributed by atoms with Gasteiger partial charge in [0.15, 0.2) is 6.61 Å². The number of rotatable bonds is 6. The van der Waals surface area contributed by atoms with Crippen molar-refractivity contribution in [2.75, 3.05) is 13.7 Å². The minimum absolute atomic E-state index is 0.0987. The molecule has 1 atom stereocenters. The molecule has 126 valence electrons. The molecule has 0 aromatic carbocycles. The number of nitrogens with one attached hydrogen (secondary N) is 2. The van der Waals surface area contributed by atoms with Gasteiger partial charge >= 0.3 is 11.9 Å². The van der Waals surface area contributed by atoms with Gasteiger partial charge in [0.05, 0.1) is 12.7 Å². The van der Waals surface area contributed by atoms with E-state index in [1.54, 1.807) is 13.8 Å². The lowest BCUT2D eigenvalue weighted by molar-refractivity contribution is -0.125. The molecule has 0 saturated heterocycles. The largest absolute Gasteiger partial charge is 0.465 e. The SMILES string of the molecule is COC(=O)c1c(C)[nH]c(C(=O)OCC(=O)N[C@H](C)C2CC2)c1C. The van der Waals surface area contributed by atoms with Crippen molar-refractivity contribution >= 4 is 17.8 Å². The van der Waals surface area contributed by atoms with Crippen LogP contribution in [0, 0.1) is 19.8 Å². The van der Waals surface area contributed by atoms with Crippen molar-refractivity contribution in [2.24, 2.45) is 5.92 Å². The first-order chi connectivity index (χ1) is 10.8. The molecule has 0 unspecified atom stereocenters. The van der Waals surface area contributed by atoms with Crippen LogP contribution in [0.5, 0.6) is 0 Å². The van der Waals surface area contributed by atoms with E-state index in [4.69, 9.17) is 4.74 Å². The van der Waals surface area contributed by atoms with Crippen LogP contribution in [0.1, 0.15) is 51.9 Å². The fourth-order valence-corrected chi connectivity index (χ4v) is 2.58. The second kappa shape index (κ2) is 6.85. The number of hydrogen-bond acceptors (Lipinski definition) is 5. The highest BCUT2D eigenvalue weighted by Crippen LogP contribution is 2.32. The number of amides is 1. The Bertz CT molecular complexity index is 631. The second-order valence-electron chi connectivity index (χ2n) is 5.89. The lowest BCUT2D eigenvalue weighted by Gasteiger charge is -2.12. The average Bonchev–Trinajstić information content (AvgIpc) is 3.30. The molecule has 1 heterocycles. The minimum Gasteiger partial charge on any atom is -0.465 e. The third-order valence-electron chi connectivity index (χ3n) is 4.08. The van der Waals surface area contributed by atoms with Gasteiger partial charge in [0.2, 0.25) is 0 Å². The van der Waals surface area contributed by atoms with E-state index in [2.05, 4.69) is 15.0 Å². The first-order valence-corrected chi connectivity index (χ1v) is 7.59. The number of carbonyl (C=O) groups excluding carboxylic acids is 3. The van der Waals surface area contributed by atoms with Gasteiger partial charge in [-0.05, 0) is 45.1 Å². The summed E-state index contributed by atoms with van der Waals surface area (Å²) in [5, 5.41) is 2.81. The number of aromatic amines is 1. The summed E-state index contributed by atoms with van der Waals surface area (Å²) in [5.41, 5.74) is 1.44. The van der Waals surface area contributed by atoms with Crippen molar-refractivity contribution in [3.63, 3.8) is 0 Å².